The summed E-state index contributed by atoms with van der Waals surface area (Å²) < 4.78 is 11.1. The Labute approximate surface area is 207 Å². The molecule has 1 aromatic carbocycles. The number of carbonyl (C=O) groups excluding carboxylic acids is 1. The van der Waals surface area contributed by atoms with Crippen LogP contribution in [-0.2, 0) is 11.2 Å². The Hall–Kier alpha value is -2.76. The average molecular weight is 480 g/mol. The van der Waals surface area contributed by atoms with E-state index in [9.17, 15) is 14.7 Å². The maximum atomic E-state index is 13.1. The molecule has 0 radical (unpaired) electrons. The Balaban J connectivity index is 1.34. The highest BCUT2D eigenvalue weighted by molar-refractivity contribution is 5.85. The van der Waals surface area contributed by atoms with Gasteiger partial charge in [0, 0.05) is 24.1 Å². The van der Waals surface area contributed by atoms with Gasteiger partial charge in [-0.2, -0.15) is 0 Å². The monoisotopic (exact) mass is 479 g/mol. The Morgan fingerprint density at radius 3 is 2.54 bits per heavy atom. The van der Waals surface area contributed by atoms with E-state index in [2.05, 4.69) is 5.32 Å². The number of amides is 1. The van der Waals surface area contributed by atoms with E-state index in [4.69, 9.17) is 9.15 Å². The molecule has 0 saturated heterocycles. The summed E-state index contributed by atoms with van der Waals surface area (Å²) in [5.41, 5.74) is 1.18. The molecule has 1 aromatic heterocycles. The molecule has 6 nitrogen and oxygen atoms in total. The molecule has 1 amide bonds. The van der Waals surface area contributed by atoms with Crippen molar-refractivity contribution in [2.24, 2.45) is 17.3 Å². The van der Waals surface area contributed by atoms with Crippen molar-refractivity contribution >= 4 is 11.8 Å². The number of benzene rings is 1. The highest BCUT2D eigenvalue weighted by atomic mass is 16.6. The molecule has 3 fully saturated rings. The quantitative estimate of drug-likeness (QED) is 0.415. The van der Waals surface area contributed by atoms with Crippen molar-refractivity contribution in [1.82, 2.24) is 0 Å². The zero-order valence-corrected chi connectivity index (χ0v) is 21.1. The first-order chi connectivity index (χ1) is 16.6. The van der Waals surface area contributed by atoms with Crippen LogP contribution < -0.4 is 10.9 Å². The number of carbonyl (C=O) groups is 1. The molecule has 2 N–H and O–H groups in total. The highest BCUT2D eigenvalue weighted by Gasteiger charge is 2.45. The summed E-state index contributed by atoms with van der Waals surface area (Å²) >= 11 is 0. The van der Waals surface area contributed by atoms with Gasteiger partial charge < -0.3 is 14.3 Å². The van der Waals surface area contributed by atoms with E-state index in [1.54, 1.807) is 12.1 Å². The van der Waals surface area contributed by atoms with Gasteiger partial charge in [-0.05, 0) is 94.2 Å². The van der Waals surface area contributed by atoms with Crippen LogP contribution in [0.5, 0.6) is 5.75 Å². The SMILES string of the molecule is CC(C)(C)OC(=O)Nc1cccc(C(c2c(O)cc(CCC3(CC4CC4)CC3)oc2=O)C2CC2)c1. The lowest BCUT2D eigenvalue weighted by Gasteiger charge is -2.21. The van der Waals surface area contributed by atoms with Crippen molar-refractivity contribution in [3.05, 3.63) is 57.6 Å². The second-order valence-corrected chi connectivity index (χ2v) is 12.0. The van der Waals surface area contributed by atoms with Gasteiger partial charge in [0.1, 0.15) is 17.1 Å². The summed E-state index contributed by atoms with van der Waals surface area (Å²) in [7, 11) is 0. The molecule has 3 saturated carbocycles. The first-order valence-corrected chi connectivity index (χ1v) is 13.1. The van der Waals surface area contributed by atoms with Gasteiger partial charge >= 0.3 is 11.7 Å². The molecule has 1 unspecified atom stereocenters. The minimum Gasteiger partial charge on any atom is -0.507 e. The minimum atomic E-state index is -0.595. The van der Waals surface area contributed by atoms with Crippen LogP contribution in [0.1, 0.15) is 94.9 Å². The molecule has 0 spiro atoms. The molecule has 5 rings (SSSR count). The number of aryl methyl sites for hydroxylation is 1. The maximum absolute atomic E-state index is 13.1. The third-order valence-corrected chi connectivity index (χ3v) is 7.59. The smallest absolute Gasteiger partial charge is 0.412 e. The van der Waals surface area contributed by atoms with Crippen LogP contribution in [0.15, 0.2) is 39.5 Å². The van der Waals surface area contributed by atoms with Gasteiger partial charge in [-0.1, -0.05) is 25.0 Å². The number of ether oxygens (including phenoxy) is 1. The summed E-state index contributed by atoms with van der Waals surface area (Å²) in [5, 5.41) is 13.7. The Morgan fingerprint density at radius 2 is 1.94 bits per heavy atom. The third-order valence-electron chi connectivity index (χ3n) is 7.59. The molecule has 0 aliphatic heterocycles. The van der Waals surface area contributed by atoms with E-state index in [0.29, 0.717) is 28.8 Å². The lowest BCUT2D eigenvalue weighted by atomic mass is 9.87. The summed E-state index contributed by atoms with van der Waals surface area (Å²) in [6.45, 7) is 5.44. The van der Waals surface area contributed by atoms with Gasteiger partial charge in [0.05, 0.1) is 5.56 Å². The Kier molecular flexibility index (Phi) is 6.18. The summed E-state index contributed by atoms with van der Waals surface area (Å²) in [4.78, 5) is 25.4. The van der Waals surface area contributed by atoms with Gasteiger partial charge in [-0.15, -0.1) is 0 Å². The number of hydrogen-bond acceptors (Lipinski definition) is 5. The van der Waals surface area contributed by atoms with Crippen molar-refractivity contribution in [3.8, 4) is 5.75 Å². The molecule has 1 heterocycles. The third kappa shape index (κ3) is 6.09. The average Bonchev–Trinajstić information content (AvgIpc) is 3.62. The van der Waals surface area contributed by atoms with Crippen LogP contribution in [0, 0.1) is 17.3 Å². The van der Waals surface area contributed by atoms with Crippen LogP contribution in [-0.4, -0.2) is 16.8 Å². The molecule has 188 valence electrons. The molecule has 3 aliphatic carbocycles. The molecular weight excluding hydrogens is 442 g/mol. The fourth-order valence-electron chi connectivity index (χ4n) is 5.34. The molecule has 1 atom stereocenters. The van der Waals surface area contributed by atoms with E-state index in [0.717, 1.165) is 30.7 Å². The number of aromatic hydroxyl groups is 1. The molecule has 35 heavy (non-hydrogen) atoms. The van der Waals surface area contributed by atoms with E-state index in [-0.39, 0.29) is 17.6 Å². The second kappa shape index (κ2) is 9.03. The number of rotatable bonds is 9. The fraction of sp³-hybridized carbons (Fsp3) is 0.586. The van der Waals surface area contributed by atoms with E-state index in [1.165, 1.54) is 32.1 Å². The van der Waals surface area contributed by atoms with Crippen LogP contribution in [0.4, 0.5) is 10.5 Å². The maximum Gasteiger partial charge on any atom is 0.412 e. The number of nitrogens with one attached hydrogen (secondary N) is 1. The highest BCUT2D eigenvalue weighted by Crippen LogP contribution is 2.57. The zero-order valence-electron chi connectivity index (χ0n) is 21.1. The number of hydrogen-bond donors (Lipinski definition) is 2. The Bertz CT molecular complexity index is 1150. The predicted octanol–water partition coefficient (Wildman–Crippen LogP) is 6.75. The lowest BCUT2D eigenvalue weighted by Crippen LogP contribution is -2.27. The molecule has 6 heteroatoms. The summed E-state index contributed by atoms with van der Waals surface area (Å²) in [5.74, 6) is 1.49. The first kappa shape index (κ1) is 24.0. The van der Waals surface area contributed by atoms with Crippen LogP contribution in [0.2, 0.25) is 0 Å². The van der Waals surface area contributed by atoms with Crippen LogP contribution in [0.25, 0.3) is 0 Å². The summed E-state index contributed by atoms with van der Waals surface area (Å²) in [6.07, 6.45) is 9.74. The van der Waals surface area contributed by atoms with Gasteiger partial charge in [0.15, 0.2) is 0 Å². The molecule has 3 aliphatic rings. The van der Waals surface area contributed by atoms with Crippen LogP contribution in [0.3, 0.4) is 0 Å². The van der Waals surface area contributed by atoms with Crippen molar-refractivity contribution in [2.45, 2.75) is 90.1 Å². The molecular formula is C29H37NO5. The summed E-state index contributed by atoms with van der Waals surface area (Å²) in [6, 6.07) is 9.08. The predicted molar refractivity (Wildman–Crippen MR) is 135 cm³/mol. The van der Waals surface area contributed by atoms with Gasteiger partial charge in [0.2, 0.25) is 0 Å². The van der Waals surface area contributed by atoms with Gasteiger partial charge in [0.25, 0.3) is 0 Å². The minimum absolute atomic E-state index is 0.0192. The molecule has 2 aromatic rings. The van der Waals surface area contributed by atoms with E-state index in [1.807, 2.05) is 39.0 Å². The standard InChI is InChI=1S/C29H37NO5/c1-28(2,3)35-27(33)30-21-6-4-5-20(15-21)24(19-9-10-19)25-23(31)16-22(34-26(25)32)11-12-29(13-14-29)17-18-7-8-18/h4-6,15-16,18-19,24,31H,7-14,17H2,1-3H3,(H,30,33). The number of anilines is 1. The zero-order chi connectivity index (χ0) is 24.8. The van der Waals surface area contributed by atoms with Gasteiger partial charge in [-0.3, -0.25) is 5.32 Å². The van der Waals surface area contributed by atoms with Crippen molar-refractivity contribution in [2.75, 3.05) is 5.32 Å². The lowest BCUT2D eigenvalue weighted by molar-refractivity contribution is 0.0636. The molecule has 0 bridgehead atoms. The first-order valence-electron chi connectivity index (χ1n) is 13.1. The van der Waals surface area contributed by atoms with Crippen molar-refractivity contribution in [3.63, 3.8) is 0 Å². The largest absolute Gasteiger partial charge is 0.507 e. The Morgan fingerprint density at radius 1 is 1.20 bits per heavy atom. The fourth-order valence-corrected chi connectivity index (χ4v) is 5.34. The van der Waals surface area contributed by atoms with Gasteiger partial charge in [-0.25, -0.2) is 9.59 Å². The van der Waals surface area contributed by atoms with E-state index < -0.39 is 17.3 Å². The topological polar surface area (TPSA) is 88.8 Å². The van der Waals surface area contributed by atoms with E-state index >= 15 is 0 Å². The second-order valence-electron chi connectivity index (χ2n) is 12.0. The van der Waals surface area contributed by atoms with Crippen molar-refractivity contribution in [1.29, 1.82) is 0 Å². The van der Waals surface area contributed by atoms with Crippen molar-refractivity contribution < 1.29 is 19.1 Å². The normalized spacial score (nSPS) is 19.7. The van der Waals surface area contributed by atoms with Crippen LogP contribution >= 0.6 is 0 Å².